The second kappa shape index (κ2) is 16.4. The fourth-order valence-corrected chi connectivity index (χ4v) is 8.17. The summed E-state index contributed by atoms with van der Waals surface area (Å²) in [6.07, 6.45) is 2.58. The molecule has 0 saturated carbocycles. The van der Waals surface area contributed by atoms with Gasteiger partial charge in [0.05, 0.1) is 27.3 Å². The van der Waals surface area contributed by atoms with Gasteiger partial charge >= 0.3 is 0 Å². The molecule has 0 aliphatic carbocycles. The standard InChI is InChI=1S/C37H43N5O5S2/c1-25(2)22-42(49(45,46)30-15-16-31-34(19-30)48-37(41-31)39-21-29-14-9-17-38-20-29)23-33(43)32(18-28-12-6-5-7-13-28)40-35(44)24-47-36-26(3)10-8-11-27(36)4/h5-17,19-20,25,32-33,43H,18,21-24H2,1-4H3,(H,39,41)(H,40,44)/t32-,33+/m0/s1. The normalized spacial score (nSPS) is 13.0. The predicted molar refractivity (Wildman–Crippen MR) is 194 cm³/mol. The van der Waals surface area contributed by atoms with Crippen LogP contribution in [0.2, 0.25) is 0 Å². The second-order valence-electron chi connectivity index (χ2n) is 12.5. The van der Waals surface area contributed by atoms with Gasteiger partial charge in [0.25, 0.3) is 5.91 Å². The summed E-state index contributed by atoms with van der Waals surface area (Å²) in [5, 5.41) is 18.5. The zero-order valence-corrected chi connectivity index (χ0v) is 29.8. The molecule has 3 aromatic carbocycles. The Kier molecular flexibility index (Phi) is 12.0. The van der Waals surface area contributed by atoms with Crippen LogP contribution in [0.15, 0.2) is 96.2 Å². The van der Waals surface area contributed by atoms with Crippen LogP contribution >= 0.6 is 11.3 Å². The lowest BCUT2D eigenvalue weighted by Crippen LogP contribution is -2.52. The largest absolute Gasteiger partial charge is 0.483 e. The first-order valence-corrected chi connectivity index (χ1v) is 18.5. The van der Waals surface area contributed by atoms with Crippen molar-refractivity contribution < 1.29 is 23.1 Å². The third-order valence-electron chi connectivity index (χ3n) is 7.99. The number of benzene rings is 3. The zero-order valence-electron chi connectivity index (χ0n) is 28.2. The molecule has 2 heterocycles. The van der Waals surface area contributed by atoms with Gasteiger partial charge in [0.2, 0.25) is 10.0 Å². The summed E-state index contributed by atoms with van der Waals surface area (Å²) in [4.78, 5) is 22.0. The van der Waals surface area contributed by atoms with Crippen LogP contribution in [-0.4, -0.2) is 65.5 Å². The van der Waals surface area contributed by atoms with E-state index in [0.29, 0.717) is 29.4 Å². The highest BCUT2D eigenvalue weighted by molar-refractivity contribution is 7.89. The first-order chi connectivity index (χ1) is 23.5. The summed E-state index contributed by atoms with van der Waals surface area (Å²) in [6, 6.07) is 23.2. The number of nitrogens with zero attached hydrogens (tertiary/aromatic N) is 3. The van der Waals surface area contributed by atoms with E-state index in [1.807, 2.05) is 88.4 Å². The van der Waals surface area contributed by atoms with Crippen LogP contribution in [0.3, 0.4) is 0 Å². The fraction of sp³-hybridized carbons (Fsp3) is 0.324. The third kappa shape index (κ3) is 9.63. The van der Waals surface area contributed by atoms with Gasteiger partial charge in [0.1, 0.15) is 5.75 Å². The Hall–Kier alpha value is -4.36. The minimum absolute atomic E-state index is 0.0229. The van der Waals surface area contributed by atoms with Gasteiger partial charge in [-0.25, -0.2) is 13.4 Å². The van der Waals surface area contributed by atoms with Crippen LogP contribution in [0.25, 0.3) is 10.2 Å². The molecule has 0 unspecified atom stereocenters. The van der Waals surface area contributed by atoms with Crippen molar-refractivity contribution >= 4 is 42.6 Å². The molecule has 0 radical (unpaired) electrons. The lowest BCUT2D eigenvalue weighted by molar-refractivity contribution is -0.124. The molecule has 0 spiro atoms. The molecular formula is C37H43N5O5S2. The molecule has 49 heavy (non-hydrogen) atoms. The summed E-state index contributed by atoms with van der Waals surface area (Å²) in [6.45, 7) is 7.94. The number of hydrogen-bond donors (Lipinski definition) is 3. The van der Waals surface area contributed by atoms with Crippen LogP contribution in [-0.2, 0) is 27.8 Å². The zero-order chi connectivity index (χ0) is 35.0. The summed E-state index contributed by atoms with van der Waals surface area (Å²) in [7, 11) is -4.03. The maximum absolute atomic E-state index is 14.2. The number of aromatic nitrogens is 2. The lowest BCUT2D eigenvalue weighted by Gasteiger charge is -2.30. The maximum Gasteiger partial charge on any atom is 0.258 e. The van der Waals surface area contributed by atoms with E-state index in [-0.39, 0.29) is 30.5 Å². The number of pyridine rings is 1. The van der Waals surface area contributed by atoms with E-state index >= 15 is 0 Å². The predicted octanol–water partition coefficient (Wildman–Crippen LogP) is 5.73. The number of para-hydroxylation sites is 1. The van der Waals surface area contributed by atoms with Crippen molar-refractivity contribution in [2.45, 2.75) is 57.7 Å². The highest BCUT2D eigenvalue weighted by Crippen LogP contribution is 2.30. The lowest BCUT2D eigenvalue weighted by atomic mass is 10.0. The first-order valence-electron chi connectivity index (χ1n) is 16.2. The Morgan fingerprint density at radius 3 is 2.39 bits per heavy atom. The minimum Gasteiger partial charge on any atom is -0.483 e. The molecule has 0 aliphatic rings. The third-order valence-corrected chi connectivity index (χ3v) is 10.8. The number of ether oxygens (including phenoxy) is 1. The summed E-state index contributed by atoms with van der Waals surface area (Å²) >= 11 is 1.37. The number of aliphatic hydroxyl groups excluding tert-OH is 1. The van der Waals surface area contributed by atoms with Crippen molar-refractivity contribution in [3.8, 4) is 5.75 Å². The molecule has 1 amide bonds. The van der Waals surface area contributed by atoms with Crippen molar-refractivity contribution in [1.29, 1.82) is 0 Å². The van der Waals surface area contributed by atoms with E-state index < -0.39 is 28.1 Å². The smallest absolute Gasteiger partial charge is 0.258 e. The molecule has 258 valence electrons. The van der Waals surface area contributed by atoms with Crippen LogP contribution in [0.5, 0.6) is 5.75 Å². The highest BCUT2D eigenvalue weighted by Gasteiger charge is 2.32. The molecule has 5 rings (SSSR count). The Bertz CT molecular complexity index is 1930. The minimum atomic E-state index is -4.03. The Balaban J connectivity index is 1.33. The average molecular weight is 702 g/mol. The Morgan fingerprint density at radius 1 is 0.959 bits per heavy atom. The molecule has 3 N–H and O–H groups in total. The van der Waals surface area contributed by atoms with Crippen molar-refractivity contribution in [3.63, 3.8) is 0 Å². The van der Waals surface area contributed by atoms with E-state index in [4.69, 9.17) is 4.74 Å². The van der Waals surface area contributed by atoms with E-state index in [2.05, 4.69) is 20.6 Å². The summed E-state index contributed by atoms with van der Waals surface area (Å²) in [5.41, 5.74) is 4.41. The number of nitrogens with one attached hydrogen (secondary N) is 2. The van der Waals surface area contributed by atoms with Crippen molar-refractivity contribution in [1.82, 2.24) is 19.6 Å². The molecule has 2 atom stereocenters. The number of anilines is 1. The number of carbonyl (C=O) groups excluding carboxylic acids is 1. The number of carbonyl (C=O) groups is 1. The van der Waals surface area contributed by atoms with Gasteiger partial charge in [-0.05, 0) is 72.7 Å². The van der Waals surface area contributed by atoms with E-state index in [1.54, 1.807) is 30.6 Å². The molecule has 5 aromatic rings. The first kappa shape index (κ1) is 35.9. The van der Waals surface area contributed by atoms with Crippen molar-refractivity contribution in [3.05, 3.63) is 114 Å². The van der Waals surface area contributed by atoms with E-state index in [9.17, 15) is 18.3 Å². The number of hydrogen-bond acceptors (Lipinski definition) is 9. The summed E-state index contributed by atoms with van der Waals surface area (Å²) in [5.74, 6) is 0.205. The van der Waals surface area contributed by atoms with E-state index in [0.717, 1.165) is 27.0 Å². The van der Waals surface area contributed by atoms with Gasteiger partial charge < -0.3 is 20.5 Å². The summed E-state index contributed by atoms with van der Waals surface area (Å²) < 4.78 is 36.2. The van der Waals surface area contributed by atoms with Crippen LogP contribution in [0, 0.1) is 19.8 Å². The number of sulfonamides is 1. The molecule has 10 nitrogen and oxygen atoms in total. The molecule has 0 saturated heterocycles. The molecular weight excluding hydrogens is 659 g/mol. The Morgan fingerprint density at radius 2 is 1.69 bits per heavy atom. The number of aryl methyl sites for hydroxylation is 2. The van der Waals surface area contributed by atoms with Crippen LogP contribution < -0.4 is 15.4 Å². The monoisotopic (exact) mass is 701 g/mol. The van der Waals surface area contributed by atoms with Crippen LogP contribution in [0.4, 0.5) is 5.13 Å². The number of thiazole rings is 1. The van der Waals surface area contributed by atoms with Gasteiger partial charge in [0, 0.05) is 32.0 Å². The van der Waals surface area contributed by atoms with Gasteiger partial charge in [-0.2, -0.15) is 4.31 Å². The molecule has 2 aromatic heterocycles. The quantitative estimate of drug-likeness (QED) is 0.119. The molecule has 0 fully saturated rings. The maximum atomic E-state index is 14.2. The van der Waals surface area contributed by atoms with Crippen molar-refractivity contribution in [2.24, 2.45) is 5.92 Å². The Labute approximate surface area is 292 Å². The SMILES string of the molecule is Cc1cccc(C)c1OCC(=O)N[C@@H](Cc1ccccc1)[C@H](O)CN(CC(C)C)S(=O)(=O)c1ccc2nc(NCc3cccnc3)sc2c1. The number of fused-ring (bicyclic) bond motifs is 1. The van der Waals surface area contributed by atoms with E-state index in [1.165, 1.54) is 15.6 Å². The van der Waals surface area contributed by atoms with Gasteiger partial charge in [-0.15, -0.1) is 0 Å². The van der Waals surface area contributed by atoms with Gasteiger partial charge in [-0.1, -0.05) is 79.8 Å². The number of rotatable bonds is 16. The van der Waals surface area contributed by atoms with Crippen molar-refractivity contribution in [2.75, 3.05) is 25.0 Å². The number of aliphatic hydroxyl groups is 1. The topological polar surface area (TPSA) is 134 Å². The van der Waals surface area contributed by atoms with Crippen LogP contribution in [0.1, 0.15) is 36.1 Å². The van der Waals surface area contributed by atoms with Gasteiger partial charge in [0.15, 0.2) is 11.7 Å². The number of amides is 1. The molecule has 12 heteroatoms. The van der Waals surface area contributed by atoms with Gasteiger partial charge in [-0.3, -0.25) is 9.78 Å². The molecule has 0 aliphatic heterocycles. The second-order valence-corrected chi connectivity index (χ2v) is 15.5. The highest BCUT2D eigenvalue weighted by atomic mass is 32.2. The molecule has 0 bridgehead atoms. The average Bonchev–Trinajstić information content (AvgIpc) is 3.50. The fourth-order valence-electron chi connectivity index (χ4n) is 5.55.